The summed E-state index contributed by atoms with van der Waals surface area (Å²) in [5, 5.41) is 6.28. The second kappa shape index (κ2) is 9.39. The fourth-order valence-electron chi connectivity index (χ4n) is 2.93. The Balaban J connectivity index is 1.93. The normalized spacial score (nSPS) is 16.1. The highest BCUT2D eigenvalue weighted by Gasteiger charge is 2.39. The zero-order chi connectivity index (χ0) is 18.1. The third-order valence-corrected chi connectivity index (χ3v) is 4.40. The van der Waals surface area contributed by atoms with Gasteiger partial charge in [-0.15, -0.1) is 0 Å². The molecule has 1 aromatic rings. The number of amides is 1. The zero-order valence-corrected chi connectivity index (χ0v) is 14.8. The smallest absolute Gasteiger partial charge is 0.343 e. The van der Waals surface area contributed by atoms with Crippen molar-refractivity contribution in [3.05, 3.63) is 29.8 Å². The minimum Gasteiger partial charge on any atom is -0.482 e. The molecule has 2 rings (SSSR count). The third kappa shape index (κ3) is 5.44. The molecule has 1 heterocycles. The van der Waals surface area contributed by atoms with Gasteiger partial charge < -0.3 is 24.8 Å². The van der Waals surface area contributed by atoms with Crippen LogP contribution in [0.5, 0.6) is 5.75 Å². The number of piperidine rings is 1. The Kier molecular flexibility index (Phi) is 7.21. The number of rotatable bonds is 8. The van der Waals surface area contributed by atoms with Crippen LogP contribution in [-0.4, -0.2) is 52.4 Å². The summed E-state index contributed by atoms with van der Waals surface area (Å²) in [6, 6.07) is 7.28. The Morgan fingerprint density at radius 3 is 2.68 bits per heavy atom. The first-order valence-electron chi connectivity index (χ1n) is 8.36. The van der Waals surface area contributed by atoms with Gasteiger partial charge in [0, 0.05) is 13.7 Å². The van der Waals surface area contributed by atoms with E-state index in [1.165, 1.54) is 7.11 Å². The van der Waals surface area contributed by atoms with Crippen molar-refractivity contribution < 1.29 is 23.8 Å². The van der Waals surface area contributed by atoms with Crippen molar-refractivity contribution in [1.82, 2.24) is 10.6 Å². The van der Waals surface area contributed by atoms with E-state index in [1.54, 1.807) is 19.2 Å². The van der Waals surface area contributed by atoms with Gasteiger partial charge in [0.25, 0.3) is 0 Å². The second-order valence-corrected chi connectivity index (χ2v) is 6.16. The van der Waals surface area contributed by atoms with Gasteiger partial charge in [0.1, 0.15) is 5.75 Å². The molecule has 1 amide bonds. The largest absolute Gasteiger partial charge is 0.482 e. The van der Waals surface area contributed by atoms with Gasteiger partial charge in [0.05, 0.1) is 19.1 Å². The summed E-state index contributed by atoms with van der Waals surface area (Å²) in [6.45, 7) is 2.30. The number of carbonyl (C=O) groups excluding carboxylic acids is 2. The van der Waals surface area contributed by atoms with Crippen LogP contribution in [0.1, 0.15) is 18.4 Å². The number of esters is 1. The highest BCUT2D eigenvalue weighted by molar-refractivity contribution is 5.83. The van der Waals surface area contributed by atoms with Crippen molar-refractivity contribution in [1.29, 1.82) is 0 Å². The number of hydrogen-bond acceptors (Lipinski definition) is 6. The molecule has 0 atom stereocenters. The maximum Gasteiger partial charge on any atom is 0.343 e. The van der Waals surface area contributed by atoms with Crippen LogP contribution in [0.2, 0.25) is 0 Å². The maximum absolute atomic E-state index is 12.7. The summed E-state index contributed by atoms with van der Waals surface area (Å²) in [4.78, 5) is 23.8. The number of carbonyl (C=O) groups is 2. The first-order chi connectivity index (χ1) is 12.1. The Morgan fingerprint density at radius 1 is 1.24 bits per heavy atom. The van der Waals surface area contributed by atoms with Crippen molar-refractivity contribution in [2.75, 3.05) is 40.5 Å². The summed E-state index contributed by atoms with van der Waals surface area (Å²) in [7, 11) is 2.94. The minimum atomic E-state index is -0.473. The van der Waals surface area contributed by atoms with E-state index in [9.17, 15) is 9.59 Å². The lowest BCUT2D eigenvalue weighted by atomic mass is 9.78. The van der Waals surface area contributed by atoms with Crippen LogP contribution in [0, 0.1) is 5.41 Å². The van der Waals surface area contributed by atoms with Crippen molar-refractivity contribution in [3.8, 4) is 5.75 Å². The molecule has 0 radical (unpaired) electrons. The first-order valence-corrected chi connectivity index (χ1v) is 8.36. The van der Waals surface area contributed by atoms with Crippen LogP contribution in [0.25, 0.3) is 0 Å². The van der Waals surface area contributed by atoms with E-state index >= 15 is 0 Å². The van der Waals surface area contributed by atoms with E-state index in [0.717, 1.165) is 31.5 Å². The molecule has 1 fully saturated rings. The fourth-order valence-corrected chi connectivity index (χ4v) is 2.93. The van der Waals surface area contributed by atoms with Crippen LogP contribution in [0.4, 0.5) is 0 Å². The van der Waals surface area contributed by atoms with Gasteiger partial charge >= 0.3 is 5.97 Å². The van der Waals surface area contributed by atoms with Crippen molar-refractivity contribution in [2.24, 2.45) is 5.41 Å². The molecular weight excluding hydrogens is 324 g/mol. The van der Waals surface area contributed by atoms with Crippen molar-refractivity contribution in [2.45, 2.75) is 19.4 Å². The van der Waals surface area contributed by atoms with E-state index < -0.39 is 11.4 Å². The molecule has 138 valence electrons. The number of benzene rings is 1. The van der Waals surface area contributed by atoms with Crippen molar-refractivity contribution in [3.63, 3.8) is 0 Å². The van der Waals surface area contributed by atoms with Gasteiger partial charge in [0.15, 0.2) is 6.61 Å². The van der Waals surface area contributed by atoms with Crippen LogP contribution in [-0.2, 0) is 25.6 Å². The molecule has 1 saturated heterocycles. The third-order valence-electron chi connectivity index (χ3n) is 4.40. The number of nitrogens with one attached hydrogen (secondary N) is 2. The van der Waals surface area contributed by atoms with Gasteiger partial charge in [-0.3, -0.25) is 4.79 Å². The molecule has 0 spiro atoms. The zero-order valence-electron chi connectivity index (χ0n) is 14.8. The molecular formula is C18H26N2O5. The van der Waals surface area contributed by atoms with E-state index in [4.69, 9.17) is 9.47 Å². The molecule has 7 heteroatoms. The number of hydrogen-bond donors (Lipinski definition) is 2. The highest BCUT2D eigenvalue weighted by Crippen LogP contribution is 2.29. The molecule has 1 aliphatic heterocycles. The average molecular weight is 350 g/mol. The van der Waals surface area contributed by atoms with E-state index in [1.807, 2.05) is 12.1 Å². The number of ether oxygens (including phenoxy) is 3. The van der Waals surface area contributed by atoms with Gasteiger partial charge in [-0.25, -0.2) is 4.79 Å². The summed E-state index contributed by atoms with van der Waals surface area (Å²) in [6.07, 6.45) is 1.52. The molecule has 0 aliphatic carbocycles. The second-order valence-electron chi connectivity index (χ2n) is 6.16. The predicted octanol–water partition coefficient (Wildman–Crippen LogP) is 0.871. The molecule has 0 unspecified atom stereocenters. The standard InChI is InChI=1S/C18H26N2O5/c1-23-13-18(6-8-19-9-7-18)17(22)20-11-14-4-3-5-15(10-14)25-12-16(21)24-2/h3-5,10,19H,6-9,11-13H2,1-2H3,(H,20,22). The summed E-state index contributed by atoms with van der Waals surface area (Å²) >= 11 is 0. The quantitative estimate of drug-likeness (QED) is 0.677. The van der Waals surface area contributed by atoms with E-state index in [-0.39, 0.29) is 12.5 Å². The number of methoxy groups -OCH3 is 2. The predicted molar refractivity (Wildman–Crippen MR) is 92.2 cm³/mol. The van der Waals surface area contributed by atoms with E-state index in [2.05, 4.69) is 15.4 Å². The summed E-state index contributed by atoms with van der Waals surface area (Å²) in [5.74, 6) is 0.133. The molecule has 0 saturated carbocycles. The highest BCUT2D eigenvalue weighted by atomic mass is 16.6. The summed E-state index contributed by atoms with van der Waals surface area (Å²) in [5.41, 5.74) is 0.427. The topological polar surface area (TPSA) is 85.9 Å². The van der Waals surface area contributed by atoms with Crippen LogP contribution in [0.15, 0.2) is 24.3 Å². The molecule has 0 bridgehead atoms. The first kappa shape index (κ1) is 19.2. The van der Waals surface area contributed by atoms with Gasteiger partial charge in [-0.05, 0) is 43.6 Å². The Bertz CT molecular complexity index is 579. The lowest BCUT2D eigenvalue weighted by Crippen LogP contribution is -2.49. The monoisotopic (exact) mass is 350 g/mol. The molecule has 2 N–H and O–H groups in total. The van der Waals surface area contributed by atoms with Crippen LogP contribution in [0.3, 0.4) is 0 Å². The SMILES string of the molecule is COCC1(C(=O)NCc2cccc(OCC(=O)OC)c2)CCNCC1. The van der Waals surface area contributed by atoms with Crippen molar-refractivity contribution >= 4 is 11.9 Å². The fraction of sp³-hybridized carbons (Fsp3) is 0.556. The lowest BCUT2D eigenvalue weighted by molar-refractivity contribution is -0.143. The summed E-state index contributed by atoms with van der Waals surface area (Å²) < 4.78 is 15.2. The molecule has 1 aliphatic rings. The molecule has 1 aromatic carbocycles. The molecule has 25 heavy (non-hydrogen) atoms. The van der Waals surface area contributed by atoms with Gasteiger partial charge in [-0.1, -0.05) is 12.1 Å². The van der Waals surface area contributed by atoms with Gasteiger partial charge in [-0.2, -0.15) is 0 Å². The Hall–Kier alpha value is -2.12. The maximum atomic E-state index is 12.7. The van der Waals surface area contributed by atoms with E-state index in [0.29, 0.717) is 18.9 Å². The lowest BCUT2D eigenvalue weighted by Gasteiger charge is -2.35. The van der Waals surface area contributed by atoms with Crippen LogP contribution < -0.4 is 15.4 Å². The Morgan fingerprint density at radius 2 is 2.00 bits per heavy atom. The Labute approximate surface area is 148 Å². The minimum absolute atomic E-state index is 0.0109. The average Bonchev–Trinajstić information content (AvgIpc) is 2.65. The van der Waals surface area contributed by atoms with Crippen LogP contribution >= 0.6 is 0 Å². The van der Waals surface area contributed by atoms with Gasteiger partial charge in [0.2, 0.25) is 5.91 Å². The molecule has 0 aromatic heterocycles. The molecule has 7 nitrogen and oxygen atoms in total.